The molecule has 0 saturated heterocycles. The Morgan fingerprint density at radius 2 is 2.12 bits per heavy atom. The number of aliphatic hydroxyl groups excluding tert-OH is 1. The van der Waals surface area contributed by atoms with Crippen LogP contribution in [0, 0.1) is 5.92 Å². The Labute approximate surface area is 104 Å². The lowest BCUT2D eigenvalue weighted by Gasteiger charge is -2.35. The van der Waals surface area contributed by atoms with Crippen LogP contribution in [-0.4, -0.2) is 35.9 Å². The van der Waals surface area contributed by atoms with Crippen LogP contribution >= 0.6 is 0 Å². The van der Waals surface area contributed by atoms with Gasteiger partial charge in [-0.15, -0.1) is 0 Å². The monoisotopic (exact) mass is 243 g/mol. The Bertz CT molecular complexity index is 247. The zero-order valence-corrected chi connectivity index (χ0v) is 11.2. The van der Waals surface area contributed by atoms with Crippen molar-refractivity contribution < 1.29 is 14.6 Å². The summed E-state index contributed by atoms with van der Waals surface area (Å²) in [6.07, 6.45) is 3.54. The minimum Gasteiger partial charge on any atom is -0.396 e. The Kier molecular flexibility index (Phi) is 5.40. The maximum atomic E-state index is 11.8. The van der Waals surface area contributed by atoms with Gasteiger partial charge < -0.3 is 15.2 Å². The molecule has 1 amide bonds. The molecule has 0 atom stereocenters. The average molecular weight is 243 g/mol. The van der Waals surface area contributed by atoms with Crippen LogP contribution in [0.5, 0.6) is 0 Å². The summed E-state index contributed by atoms with van der Waals surface area (Å²) >= 11 is 0. The molecule has 0 unspecified atom stereocenters. The summed E-state index contributed by atoms with van der Waals surface area (Å²) in [4.78, 5) is 11.8. The van der Waals surface area contributed by atoms with Gasteiger partial charge in [-0.3, -0.25) is 4.79 Å². The number of hydrogen-bond donors (Lipinski definition) is 2. The van der Waals surface area contributed by atoms with Crippen LogP contribution in [0.1, 0.15) is 46.5 Å². The van der Waals surface area contributed by atoms with Gasteiger partial charge >= 0.3 is 0 Å². The molecule has 2 N–H and O–H groups in total. The second kappa shape index (κ2) is 6.36. The molecule has 0 spiro atoms. The third-order valence-electron chi connectivity index (χ3n) is 3.28. The molecule has 0 aliphatic heterocycles. The fourth-order valence-electron chi connectivity index (χ4n) is 2.25. The first-order valence-electron chi connectivity index (χ1n) is 6.50. The lowest BCUT2D eigenvalue weighted by molar-refractivity contribution is -0.126. The van der Waals surface area contributed by atoms with E-state index in [9.17, 15) is 4.79 Å². The molecule has 4 heteroatoms. The van der Waals surface area contributed by atoms with E-state index >= 15 is 0 Å². The second-order valence-electron chi connectivity index (χ2n) is 5.52. The standard InChI is InChI=1S/C13H25NO3/c1-4-17-11-7-10(8-11)9-12(16)14-13(2,3)5-6-15/h10-11,15H,4-9H2,1-3H3,(H,14,16). The highest BCUT2D eigenvalue weighted by Crippen LogP contribution is 2.32. The molecule has 1 aliphatic rings. The number of hydrogen-bond acceptors (Lipinski definition) is 3. The quantitative estimate of drug-likeness (QED) is 0.712. The van der Waals surface area contributed by atoms with E-state index in [0.29, 0.717) is 24.9 Å². The Hall–Kier alpha value is -0.610. The van der Waals surface area contributed by atoms with Crippen LogP contribution in [0.25, 0.3) is 0 Å². The second-order valence-corrected chi connectivity index (χ2v) is 5.52. The molecular formula is C13H25NO3. The van der Waals surface area contributed by atoms with Crippen LogP contribution in [0.15, 0.2) is 0 Å². The maximum absolute atomic E-state index is 11.8. The van der Waals surface area contributed by atoms with Crippen molar-refractivity contribution in [2.24, 2.45) is 5.92 Å². The van der Waals surface area contributed by atoms with E-state index < -0.39 is 0 Å². The zero-order chi connectivity index (χ0) is 12.9. The van der Waals surface area contributed by atoms with Crippen molar-refractivity contribution in [3.05, 3.63) is 0 Å². The summed E-state index contributed by atoms with van der Waals surface area (Å²) in [6, 6.07) is 0. The van der Waals surface area contributed by atoms with Gasteiger partial charge in [-0.25, -0.2) is 0 Å². The third kappa shape index (κ3) is 5.04. The number of amides is 1. The highest BCUT2D eigenvalue weighted by molar-refractivity contribution is 5.77. The van der Waals surface area contributed by atoms with Gasteiger partial charge in [0, 0.05) is 25.2 Å². The number of carbonyl (C=O) groups is 1. The van der Waals surface area contributed by atoms with Crippen molar-refractivity contribution in [3.8, 4) is 0 Å². The third-order valence-corrected chi connectivity index (χ3v) is 3.28. The highest BCUT2D eigenvalue weighted by Gasteiger charge is 2.32. The highest BCUT2D eigenvalue weighted by atomic mass is 16.5. The number of nitrogens with one attached hydrogen (secondary N) is 1. The first-order valence-corrected chi connectivity index (χ1v) is 6.50. The predicted octanol–water partition coefficient (Wildman–Crippen LogP) is 1.47. The van der Waals surface area contributed by atoms with Gasteiger partial charge in [-0.1, -0.05) is 0 Å². The van der Waals surface area contributed by atoms with Crippen LogP contribution in [0.2, 0.25) is 0 Å². The van der Waals surface area contributed by atoms with E-state index in [1.165, 1.54) is 0 Å². The number of aliphatic hydroxyl groups is 1. The Balaban J connectivity index is 2.18. The van der Waals surface area contributed by atoms with E-state index in [1.807, 2.05) is 20.8 Å². The Morgan fingerprint density at radius 3 is 2.65 bits per heavy atom. The van der Waals surface area contributed by atoms with Gasteiger partial charge in [0.2, 0.25) is 5.91 Å². The summed E-state index contributed by atoms with van der Waals surface area (Å²) in [5.41, 5.74) is -0.311. The van der Waals surface area contributed by atoms with E-state index in [-0.39, 0.29) is 18.1 Å². The number of rotatable bonds is 7. The molecule has 0 aromatic heterocycles. The fourth-order valence-corrected chi connectivity index (χ4v) is 2.25. The molecular weight excluding hydrogens is 218 g/mol. The lowest BCUT2D eigenvalue weighted by Crippen LogP contribution is -2.45. The first kappa shape index (κ1) is 14.5. The maximum Gasteiger partial charge on any atom is 0.220 e. The van der Waals surface area contributed by atoms with Gasteiger partial charge in [0.25, 0.3) is 0 Å². The summed E-state index contributed by atoms with van der Waals surface area (Å²) < 4.78 is 5.46. The molecule has 4 nitrogen and oxygen atoms in total. The zero-order valence-electron chi connectivity index (χ0n) is 11.2. The largest absolute Gasteiger partial charge is 0.396 e. The summed E-state index contributed by atoms with van der Waals surface area (Å²) in [6.45, 7) is 6.73. The summed E-state index contributed by atoms with van der Waals surface area (Å²) in [7, 11) is 0. The molecule has 1 saturated carbocycles. The van der Waals surface area contributed by atoms with E-state index in [2.05, 4.69) is 5.32 Å². The van der Waals surface area contributed by atoms with Crippen LogP contribution in [-0.2, 0) is 9.53 Å². The normalized spacial score (nSPS) is 24.2. The van der Waals surface area contributed by atoms with Gasteiger partial charge in [0.15, 0.2) is 0 Å². The van der Waals surface area contributed by atoms with Gasteiger partial charge in [0.1, 0.15) is 0 Å². The smallest absolute Gasteiger partial charge is 0.220 e. The van der Waals surface area contributed by atoms with Crippen molar-refractivity contribution in [1.29, 1.82) is 0 Å². The minimum atomic E-state index is -0.311. The SMILES string of the molecule is CCOC1CC(CC(=O)NC(C)(C)CCO)C1. The minimum absolute atomic E-state index is 0.0865. The van der Waals surface area contributed by atoms with Crippen molar-refractivity contribution in [3.63, 3.8) is 0 Å². The molecule has 0 heterocycles. The molecule has 0 bridgehead atoms. The topological polar surface area (TPSA) is 58.6 Å². The van der Waals surface area contributed by atoms with Crippen LogP contribution in [0.3, 0.4) is 0 Å². The predicted molar refractivity (Wildman–Crippen MR) is 66.7 cm³/mol. The average Bonchev–Trinajstić information content (AvgIpc) is 2.13. The molecule has 0 radical (unpaired) electrons. The van der Waals surface area contributed by atoms with Crippen LogP contribution in [0.4, 0.5) is 0 Å². The van der Waals surface area contributed by atoms with Crippen molar-refractivity contribution in [2.45, 2.75) is 58.1 Å². The number of carbonyl (C=O) groups excluding carboxylic acids is 1. The van der Waals surface area contributed by atoms with Crippen molar-refractivity contribution in [1.82, 2.24) is 5.32 Å². The first-order chi connectivity index (χ1) is 7.96. The molecule has 0 aromatic carbocycles. The van der Waals surface area contributed by atoms with Crippen LogP contribution < -0.4 is 5.32 Å². The molecule has 100 valence electrons. The Morgan fingerprint density at radius 1 is 1.47 bits per heavy atom. The molecule has 17 heavy (non-hydrogen) atoms. The van der Waals surface area contributed by atoms with E-state index in [0.717, 1.165) is 19.4 Å². The molecule has 0 aromatic rings. The molecule has 1 fully saturated rings. The molecule has 1 aliphatic carbocycles. The molecule has 1 rings (SSSR count). The summed E-state index contributed by atoms with van der Waals surface area (Å²) in [5, 5.41) is 11.8. The van der Waals surface area contributed by atoms with E-state index in [1.54, 1.807) is 0 Å². The van der Waals surface area contributed by atoms with Gasteiger partial charge in [-0.05, 0) is 46.0 Å². The fraction of sp³-hybridized carbons (Fsp3) is 0.923. The van der Waals surface area contributed by atoms with E-state index in [4.69, 9.17) is 9.84 Å². The number of ether oxygens (including phenoxy) is 1. The van der Waals surface area contributed by atoms with Gasteiger partial charge in [0.05, 0.1) is 6.10 Å². The van der Waals surface area contributed by atoms with Crippen molar-refractivity contribution in [2.75, 3.05) is 13.2 Å². The lowest BCUT2D eigenvalue weighted by atomic mass is 9.79. The summed E-state index contributed by atoms with van der Waals surface area (Å²) in [5.74, 6) is 0.555. The van der Waals surface area contributed by atoms with Gasteiger partial charge in [-0.2, -0.15) is 0 Å². The van der Waals surface area contributed by atoms with Crippen molar-refractivity contribution >= 4 is 5.91 Å².